The molecule has 1 aromatic rings. The predicted molar refractivity (Wildman–Crippen MR) is 71.7 cm³/mol. The van der Waals surface area contributed by atoms with E-state index in [9.17, 15) is 4.39 Å². The Morgan fingerprint density at radius 2 is 1.94 bits per heavy atom. The lowest BCUT2D eigenvalue weighted by molar-refractivity contribution is 0.265. The summed E-state index contributed by atoms with van der Waals surface area (Å²) in [7, 11) is 2.14. The lowest BCUT2D eigenvalue weighted by Crippen LogP contribution is -2.29. The van der Waals surface area contributed by atoms with Crippen LogP contribution in [0, 0.1) is 5.82 Å². The molecule has 0 atom stereocenters. The quantitative estimate of drug-likeness (QED) is 0.882. The van der Waals surface area contributed by atoms with Crippen molar-refractivity contribution in [3.05, 3.63) is 35.1 Å². The molecule has 2 rings (SSSR count). The molecule has 1 aliphatic heterocycles. The number of nitrogens with zero attached hydrogens (tertiary/aromatic N) is 2. The average molecular weight is 251 g/mol. The molecule has 0 aliphatic carbocycles. The van der Waals surface area contributed by atoms with Gasteiger partial charge in [-0.1, -0.05) is 18.2 Å². The molecule has 4 heteroatoms. The van der Waals surface area contributed by atoms with E-state index in [-0.39, 0.29) is 12.4 Å². The second-order valence-electron chi connectivity index (χ2n) is 5.03. The number of nitrogens with two attached hydrogens (primary N) is 1. The summed E-state index contributed by atoms with van der Waals surface area (Å²) in [6.45, 7) is 5.18. The first-order valence-corrected chi connectivity index (χ1v) is 6.58. The van der Waals surface area contributed by atoms with E-state index in [0.29, 0.717) is 12.1 Å². The number of benzene rings is 1. The van der Waals surface area contributed by atoms with Crippen LogP contribution < -0.4 is 5.73 Å². The molecule has 1 heterocycles. The van der Waals surface area contributed by atoms with Crippen LogP contribution in [0.2, 0.25) is 0 Å². The summed E-state index contributed by atoms with van der Waals surface area (Å²) >= 11 is 0. The van der Waals surface area contributed by atoms with E-state index in [1.807, 2.05) is 12.1 Å². The Kier molecular flexibility index (Phi) is 4.69. The van der Waals surface area contributed by atoms with Crippen molar-refractivity contribution in [2.45, 2.75) is 19.5 Å². The van der Waals surface area contributed by atoms with Gasteiger partial charge in [0, 0.05) is 37.3 Å². The van der Waals surface area contributed by atoms with Gasteiger partial charge in [-0.05, 0) is 26.6 Å². The maximum atomic E-state index is 14.1. The molecule has 1 aromatic carbocycles. The predicted octanol–water partition coefficient (Wildman–Crippen LogP) is 1.42. The van der Waals surface area contributed by atoms with Crippen molar-refractivity contribution in [2.24, 2.45) is 5.73 Å². The van der Waals surface area contributed by atoms with E-state index in [1.165, 1.54) is 0 Å². The molecule has 0 bridgehead atoms. The molecule has 0 saturated carbocycles. The van der Waals surface area contributed by atoms with Gasteiger partial charge in [-0.25, -0.2) is 4.39 Å². The van der Waals surface area contributed by atoms with Crippen LogP contribution >= 0.6 is 0 Å². The van der Waals surface area contributed by atoms with Crippen molar-refractivity contribution in [1.29, 1.82) is 0 Å². The minimum Gasteiger partial charge on any atom is -0.326 e. The fraction of sp³-hybridized carbons (Fsp3) is 0.571. The molecular formula is C14H22FN3. The highest BCUT2D eigenvalue weighted by Crippen LogP contribution is 2.15. The third-order valence-corrected chi connectivity index (χ3v) is 3.58. The Morgan fingerprint density at radius 1 is 1.17 bits per heavy atom. The number of likely N-dealkylation sites (N-methyl/N-ethyl adjacent to an activating group) is 1. The Labute approximate surface area is 108 Å². The molecule has 0 aromatic heterocycles. The van der Waals surface area contributed by atoms with Gasteiger partial charge in [-0.2, -0.15) is 0 Å². The largest absolute Gasteiger partial charge is 0.326 e. The molecule has 1 fully saturated rings. The minimum atomic E-state index is -0.127. The molecule has 100 valence electrons. The highest BCUT2D eigenvalue weighted by atomic mass is 19.1. The third kappa shape index (κ3) is 3.28. The maximum Gasteiger partial charge on any atom is 0.132 e. The molecule has 1 saturated heterocycles. The lowest BCUT2D eigenvalue weighted by atomic mass is 10.1. The molecular weight excluding hydrogens is 229 g/mol. The highest BCUT2D eigenvalue weighted by Gasteiger charge is 2.14. The van der Waals surface area contributed by atoms with Gasteiger partial charge in [-0.15, -0.1) is 0 Å². The van der Waals surface area contributed by atoms with Gasteiger partial charge in [0.2, 0.25) is 0 Å². The second kappa shape index (κ2) is 6.27. The molecule has 0 spiro atoms. The molecule has 0 unspecified atom stereocenters. The first kappa shape index (κ1) is 13.5. The van der Waals surface area contributed by atoms with Crippen LogP contribution in [0.15, 0.2) is 18.2 Å². The van der Waals surface area contributed by atoms with Crippen LogP contribution in [0.5, 0.6) is 0 Å². The standard InChI is InChI=1S/C14H22FN3/c1-17-6-3-7-18(9-8-17)11-13-5-2-4-12(10-16)14(13)15/h2,4-5H,3,6-11,16H2,1H3. The average Bonchev–Trinajstić information content (AvgIpc) is 2.57. The Bertz CT molecular complexity index is 395. The summed E-state index contributed by atoms with van der Waals surface area (Å²) in [5.74, 6) is -0.127. The van der Waals surface area contributed by atoms with Gasteiger partial charge < -0.3 is 10.6 Å². The lowest BCUT2D eigenvalue weighted by Gasteiger charge is -2.20. The monoisotopic (exact) mass is 251 g/mol. The van der Waals surface area contributed by atoms with Gasteiger partial charge in [0.25, 0.3) is 0 Å². The summed E-state index contributed by atoms with van der Waals surface area (Å²) < 4.78 is 14.1. The molecule has 3 nitrogen and oxygen atoms in total. The summed E-state index contributed by atoms with van der Waals surface area (Å²) in [4.78, 5) is 4.65. The third-order valence-electron chi connectivity index (χ3n) is 3.58. The van der Waals surface area contributed by atoms with Crippen molar-refractivity contribution in [3.8, 4) is 0 Å². The van der Waals surface area contributed by atoms with Crippen LogP contribution in [0.4, 0.5) is 4.39 Å². The first-order chi connectivity index (χ1) is 8.70. The topological polar surface area (TPSA) is 32.5 Å². The molecule has 18 heavy (non-hydrogen) atoms. The van der Waals surface area contributed by atoms with Gasteiger partial charge in [0.15, 0.2) is 0 Å². The van der Waals surface area contributed by atoms with Crippen LogP contribution in [0.1, 0.15) is 17.5 Å². The number of rotatable bonds is 3. The van der Waals surface area contributed by atoms with E-state index in [4.69, 9.17) is 5.73 Å². The van der Waals surface area contributed by atoms with Crippen molar-refractivity contribution < 1.29 is 4.39 Å². The summed E-state index contributed by atoms with van der Waals surface area (Å²) in [6, 6.07) is 5.52. The minimum absolute atomic E-state index is 0.127. The molecule has 1 aliphatic rings. The number of hydrogen-bond acceptors (Lipinski definition) is 3. The van der Waals surface area contributed by atoms with Gasteiger partial charge >= 0.3 is 0 Å². The Hall–Kier alpha value is -0.970. The van der Waals surface area contributed by atoms with Crippen molar-refractivity contribution in [2.75, 3.05) is 33.2 Å². The number of halogens is 1. The Balaban J connectivity index is 2.04. The van der Waals surface area contributed by atoms with Gasteiger partial charge in [0.1, 0.15) is 5.82 Å². The van der Waals surface area contributed by atoms with E-state index in [2.05, 4.69) is 16.8 Å². The fourth-order valence-electron chi connectivity index (χ4n) is 2.41. The van der Waals surface area contributed by atoms with Crippen LogP contribution in [0.25, 0.3) is 0 Å². The zero-order valence-electron chi connectivity index (χ0n) is 11.0. The Morgan fingerprint density at radius 3 is 2.72 bits per heavy atom. The summed E-state index contributed by atoms with van der Waals surface area (Å²) in [5.41, 5.74) is 6.91. The van der Waals surface area contributed by atoms with E-state index in [0.717, 1.165) is 38.2 Å². The van der Waals surface area contributed by atoms with Crippen LogP contribution in [-0.4, -0.2) is 43.0 Å². The van der Waals surface area contributed by atoms with E-state index in [1.54, 1.807) is 6.07 Å². The highest BCUT2D eigenvalue weighted by molar-refractivity contribution is 5.25. The van der Waals surface area contributed by atoms with Crippen molar-refractivity contribution in [1.82, 2.24) is 9.80 Å². The van der Waals surface area contributed by atoms with Crippen LogP contribution in [0.3, 0.4) is 0 Å². The molecule has 2 N–H and O–H groups in total. The summed E-state index contributed by atoms with van der Waals surface area (Å²) in [6.07, 6.45) is 1.15. The second-order valence-corrected chi connectivity index (χ2v) is 5.03. The first-order valence-electron chi connectivity index (χ1n) is 6.58. The zero-order valence-corrected chi connectivity index (χ0v) is 11.0. The molecule has 0 radical (unpaired) electrons. The van der Waals surface area contributed by atoms with Gasteiger partial charge in [-0.3, -0.25) is 4.90 Å². The normalized spacial score (nSPS) is 18.8. The van der Waals surface area contributed by atoms with E-state index >= 15 is 0 Å². The van der Waals surface area contributed by atoms with Crippen LogP contribution in [-0.2, 0) is 13.1 Å². The van der Waals surface area contributed by atoms with Crippen molar-refractivity contribution >= 4 is 0 Å². The maximum absolute atomic E-state index is 14.1. The zero-order chi connectivity index (χ0) is 13.0. The SMILES string of the molecule is CN1CCCN(Cc2cccc(CN)c2F)CC1. The van der Waals surface area contributed by atoms with Crippen molar-refractivity contribution in [3.63, 3.8) is 0 Å². The van der Waals surface area contributed by atoms with E-state index < -0.39 is 0 Å². The number of hydrogen-bond donors (Lipinski definition) is 1. The van der Waals surface area contributed by atoms with Gasteiger partial charge in [0.05, 0.1) is 0 Å². The fourth-order valence-corrected chi connectivity index (χ4v) is 2.41. The smallest absolute Gasteiger partial charge is 0.132 e. The molecule has 0 amide bonds. The summed E-state index contributed by atoms with van der Waals surface area (Å²) in [5, 5.41) is 0.